The lowest BCUT2D eigenvalue weighted by atomic mass is 10.1. The van der Waals surface area contributed by atoms with Gasteiger partial charge in [0.1, 0.15) is 0 Å². The van der Waals surface area contributed by atoms with Gasteiger partial charge in [-0.1, -0.05) is 45.9 Å². The minimum atomic E-state index is -0.294. The summed E-state index contributed by atoms with van der Waals surface area (Å²) >= 11 is 6.17. The van der Waals surface area contributed by atoms with Crippen molar-refractivity contribution in [3.8, 4) is 10.8 Å². The number of carbonyl (C=O) groups excluding carboxylic acids is 1. The predicted octanol–water partition coefficient (Wildman–Crippen LogP) is 4.92. The van der Waals surface area contributed by atoms with E-state index in [1.165, 1.54) is 23.1 Å². The standard InChI is InChI=1S/C15H11BrN2O2S2/c1-9(13(19)10-4-6-11(16)7-5-10)22-15-18-17-14(20-15)12-3-2-8-21-12/h2-9H,1H3/t9-/m1/s1. The van der Waals surface area contributed by atoms with Crippen LogP contribution in [-0.4, -0.2) is 21.2 Å². The van der Waals surface area contributed by atoms with Gasteiger partial charge in [0, 0.05) is 10.0 Å². The van der Waals surface area contributed by atoms with E-state index < -0.39 is 0 Å². The van der Waals surface area contributed by atoms with Crippen LogP contribution >= 0.6 is 39.0 Å². The summed E-state index contributed by atoms with van der Waals surface area (Å²) in [5, 5.41) is 10.1. The van der Waals surface area contributed by atoms with Gasteiger partial charge < -0.3 is 4.42 Å². The largest absolute Gasteiger partial charge is 0.410 e. The molecule has 0 fully saturated rings. The third kappa shape index (κ3) is 3.48. The zero-order valence-electron chi connectivity index (χ0n) is 11.5. The molecule has 0 unspecified atom stereocenters. The number of hydrogen-bond donors (Lipinski definition) is 0. The maximum absolute atomic E-state index is 12.4. The Morgan fingerprint density at radius 1 is 1.27 bits per heavy atom. The number of thiophene rings is 1. The molecule has 0 saturated carbocycles. The number of thioether (sulfide) groups is 1. The lowest BCUT2D eigenvalue weighted by Gasteiger charge is -2.07. The minimum Gasteiger partial charge on any atom is -0.410 e. The Labute approximate surface area is 144 Å². The smallest absolute Gasteiger partial charge is 0.277 e. The molecule has 0 bridgehead atoms. The molecule has 0 N–H and O–H groups in total. The summed E-state index contributed by atoms with van der Waals surface area (Å²) in [6.07, 6.45) is 0. The van der Waals surface area contributed by atoms with E-state index in [4.69, 9.17) is 4.42 Å². The molecule has 22 heavy (non-hydrogen) atoms. The average Bonchev–Trinajstić information content (AvgIpc) is 3.18. The molecule has 2 aromatic heterocycles. The van der Waals surface area contributed by atoms with Gasteiger partial charge in [-0.05, 0) is 30.5 Å². The van der Waals surface area contributed by atoms with E-state index in [0.29, 0.717) is 16.7 Å². The molecule has 0 aliphatic heterocycles. The van der Waals surface area contributed by atoms with Gasteiger partial charge in [-0.15, -0.1) is 21.5 Å². The van der Waals surface area contributed by atoms with Gasteiger partial charge in [0.2, 0.25) is 0 Å². The number of benzene rings is 1. The van der Waals surface area contributed by atoms with Crippen LogP contribution in [0.15, 0.2) is 55.9 Å². The summed E-state index contributed by atoms with van der Waals surface area (Å²) in [4.78, 5) is 13.3. The van der Waals surface area contributed by atoms with Gasteiger partial charge in [0.05, 0.1) is 10.1 Å². The first-order valence-corrected chi connectivity index (χ1v) is 9.02. The first-order chi connectivity index (χ1) is 10.6. The number of carbonyl (C=O) groups is 1. The molecule has 0 amide bonds. The van der Waals surface area contributed by atoms with Crippen molar-refractivity contribution in [1.29, 1.82) is 0 Å². The Morgan fingerprint density at radius 2 is 2.05 bits per heavy atom. The Morgan fingerprint density at radius 3 is 2.73 bits per heavy atom. The molecule has 2 heterocycles. The van der Waals surface area contributed by atoms with Crippen LogP contribution < -0.4 is 0 Å². The molecule has 0 saturated heterocycles. The van der Waals surface area contributed by atoms with Crippen molar-refractivity contribution in [2.75, 3.05) is 0 Å². The van der Waals surface area contributed by atoms with Crippen LogP contribution in [-0.2, 0) is 0 Å². The highest BCUT2D eigenvalue weighted by Crippen LogP contribution is 2.29. The maximum Gasteiger partial charge on any atom is 0.277 e. The third-order valence-corrected chi connectivity index (χ3v) is 5.23. The van der Waals surface area contributed by atoms with E-state index in [2.05, 4.69) is 26.1 Å². The van der Waals surface area contributed by atoms with Crippen molar-refractivity contribution in [2.45, 2.75) is 17.4 Å². The van der Waals surface area contributed by atoms with Crippen LogP contribution in [0, 0.1) is 0 Å². The number of Topliss-reactive ketones (excluding diaryl/α,β-unsaturated/α-hetero) is 1. The van der Waals surface area contributed by atoms with Crippen molar-refractivity contribution < 1.29 is 9.21 Å². The Balaban J connectivity index is 1.70. The molecule has 1 atom stereocenters. The van der Waals surface area contributed by atoms with Crippen molar-refractivity contribution in [3.63, 3.8) is 0 Å². The lowest BCUT2D eigenvalue weighted by Crippen LogP contribution is -2.13. The van der Waals surface area contributed by atoms with Crippen LogP contribution in [0.2, 0.25) is 0 Å². The molecule has 0 aliphatic carbocycles. The number of nitrogens with zero attached hydrogens (tertiary/aromatic N) is 2. The van der Waals surface area contributed by atoms with Gasteiger partial charge >= 0.3 is 0 Å². The molecule has 112 valence electrons. The van der Waals surface area contributed by atoms with E-state index >= 15 is 0 Å². The zero-order chi connectivity index (χ0) is 15.5. The second kappa shape index (κ2) is 6.76. The molecule has 4 nitrogen and oxygen atoms in total. The molecule has 1 aromatic carbocycles. The minimum absolute atomic E-state index is 0.0355. The van der Waals surface area contributed by atoms with Crippen LogP contribution in [0.1, 0.15) is 17.3 Å². The summed E-state index contributed by atoms with van der Waals surface area (Å²) in [5.74, 6) is 0.522. The summed E-state index contributed by atoms with van der Waals surface area (Å²) in [5.41, 5.74) is 0.668. The molecule has 0 spiro atoms. The van der Waals surface area contributed by atoms with E-state index in [-0.39, 0.29) is 11.0 Å². The van der Waals surface area contributed by atoms with E-state index in [0.717, 1.165) is 9.35 Å². The summed E-state index contributed by atoms with van der Waals surface area (Å²) < 4.78 is 6.54. The molecular formula is C15H11BrN2O2S2. The Bertz CT molecular complexity index is 769. The second-order valence-corrected chi connectivity index (χ2v) is 7.64. The molecule has 3 aromatic rings. The maximum atomic E-state index is 12.4. The highest BCUT2D eigenvalue weighted by molar-refractivity contribution is 9.10. The Hall–Kier alpha value is -1.44. The quantitative estimate of drug-likeness (QED) is 0.453. The van der Waals surface area contributed by atoms with Crippen LogP contribution in [0.25, 0.3) is 10.8 Å². The summed E-state index contributed by atoms with van der Waals surface area (Å²) in [6, 6.07) is 11.2. The van der Waals surface area contributed by atoms with Crippen LogP contribution in [0.5, 0.6) is 0 Å². The highest BCUT2D eigenvalue weighted by Gasteiger charge is 2.20. The first-order valence-electron chi connectivity index (χ1n) is 6.47. The molecule has 3 rings (SSSR count). The van der Waals surface area contributed by atoms with E-state index in [9.17, 15) is 4.79 Å². The number of aromatic nitrogens is 2. The van der Waals surface area contributed by atoms with Crippen molar-refractivity contribution in [2.24, 2.45) is 0 Å². The fraction of sp³-hybridized carbons (Fsp3) is 0.133. The number of hydrogen-bond acceptors (Lipinski definition) is 6. The second-order valence-electron chi connectivity index (χ2n) is 4.48. The number of ketones is 1. The normalized spacial score (nSPS) is 12.3. The van der Waals surface area contributed by atoms with Gasteiger partial charge in [-0.2, -0.15) is 0 Å². The van der Waals surface area contributed by atoms with Gasteiger partial charge in [0.25, 0.3) is 11.1 Å². The van der Waals surface area contributed by atoms with Crippen molar-refractivity contribution in [1.82, 2.24) is 10.2 Å². The fourth-order valence-corrected chi connectivity index (χ4v) is 3.48. The summed E-state index contributed by atoms with van der Waals surface area (Å²) in [7, 11) is 0. The third-order valence-electron chi connectivity index (χ3n) is 2.91. The van der Waals surface area contributed by atoms with E-state index in [1.54, 1.807) is 12.1 Å². The Kier molecular flexibility index (Phi) is 4.75. The predicted molar refractivity (Wildman–Crippen MR) is 91.4 cm³/mol. The van der Waals surface area contributed by atoms with Crippen molar-refractivity contribution >= 4 is 44.8 Å². The first kappa shape index (κ1) is 15.5. The molecule has 0 aliphatic rings. The summed E-state index contributed by atoms with van der Waals surface area (Å²) in [6.45, 7) is 1.84. The monoisotopic (exact) mass is 394 g/mol. The average molecular weight is 395 g/mol. The van der Waals surface area contributed by atoms with Gasteiger partial charge in [0.15, 0.2) is 5.78 Å². The SMILES string of the molecule is C[C@@H](Sc1nnc(-c2cccs2)o1)C(=O)c1ccc(Br)cc1. The van der Waals surface area contributed by atoms with Crippen molar-refractivity contribution in [3.05, 3.63) is 51.8 Å². The highest BCUT2D eigenvalue weighted by atomic mass is 79.9. The van der Waals surface area contributed by atoms with Gasteiger partial charge in [-0.3, -0.25) is 4.79 Å². The van der Waals surface area contributed by atoms with E-state index in [1.807, 2.05) is 36.6 Å². The zero-order valence-corrected chi connectivity index (χ0v) is 14.7. The topological polar surface area (TPSA) is 56.0 Å². The van der Waals surface area contributed by atoms with Gasteiger partial charge in [-0.25, -0.2) is 0 Å². The molecule has 7 heteroatoms. The molecular weight excluding hydrogens is 384 g/mol. The van der Waals surface area contributed by atoms with Crippen LogP contribution in [0.3, 0.4) is 0 Å². The number of rotatable bonds is 5. The van der Waals surface area contributed by atoms with Crippen LogP contribution in [0.4, 0.5) is 0 Å². The number of halogens is 1. The molecule has 0 radical (unpaired) electrons. The fourth-order valence-electron chi connectivity index (χ4n) is 1.81. The lowest BCUT2D eigenvalue weighted by molar-refractivity contribution is 0.0993.